The number of nitrogens with zero attached hydrogens (tertiary/aromatic N) is 2. The first-order chi connectivity index (χ1) is 10.1. The molecule has 1 aromatic rings. The van der Waals surface area contributed by atoms with Crippen LogP contribution in [0.4, 0.5) is 0 Å². The van der Waals surface area contributed by atoms with Crippen LogP contribution < -0.4 is 5.73 Å². The van der Waals surface area contributed by atoms with Gasteiger partial charge in [-0.3, -0.25) is 4.79 Å². The highest BCUT2D eigenvalue weighted by atomic mass is 32.1. The largest absolute Gasteiger partial charge is 0.338 e. The minimum Gasteiger partial charge on any atom is -0.338 e. The molecule has 1 amide bonds. The van der Waals surface area contributed by atoms with Crippen LogP contribution >= 0.6 is 11.3 Å². The summed E-state index contributed by atoms with van der Waals surface area (Å²) in [7, 11) is 1.97. The molecule has 3 unspecified atom stereocenters. The maximum Gasteiger partial charge on any atom is 0.226 e. The van der Waals surface area contributed by atoms with Gasteiger partial charge in [0.2, 0.25) is 5.91 Å². The van der Waals surface area contributed by atoms with Crippen LogP contribution in [0.15, 0.2) is 0 Å². The van der Waals surface area contributed by atoms with Gasteiger partial charge in [0, 0.05) is 19.0 Å². The van der Waals surface area contributed by atoms with Crippen LogP contribution in [0.1, 0.15) is 60.1 Å². The fourth-order valence-electron chi connectivity index (χ4n) is 3.78. The summed E-state index contributed by atoms with van der Waals surface area (Å²) >= 11 is 1.76. The van der Waals surface area contributed by atoms with Gasteiger partial charge in [-0.25, -0.2) is 4.98 Å². The van der Waals surface area contributed by atoms with E-state index in [2.05, 4.69) is 11.9 Å². The van der Waals surface area contributed by atoms with Gasteiger partial charge in [0.25, 0.3) is 0 Å². The van der Waals surface area contributed by atoms with Gasteiger partial charge in [0.05, 0.1) is 21.6 Å². The highest BCUT2D eigenvalue weighted by Crippen LogP contribution is 2.38. The number of amides is 1. The highest BCUT2D eigenvalue weighted by molar-refractivity contribution is 7.11. The number of carbonyl (C=O) groups is 1. The van der Waals surface area contributed by atoms with Crippen molar-refractivity contribution in [2.75, 3.05) is 7.05 Å². The minimum atomic E-state index is 0.123. The summed E-state index contributed by atoms with van der Waals surface area (Å²) in [5.41, 5.74) is 7.26. The molecule has 3 rings (SSSR count). The Morgan fingerprint density at radius 3 is 2.90 bits per heavy atom. The molecular formula is C16H25N3OS. The fraction of sp³-hybridized carbons (Fsp3) is 0.750. The third-order valence-electron chi connectivity index (χ3n) is 4.91. The van der Waals surface area contributed by atoms with Crippen molar-refractivity contribution >= 4 is 17.2 Å². The average molecular weight is 307 g/mol. The average Bonchev–Trinajstić information content (AvgIpc) is 2.85. The van der Waals surface area contributed by atoms with E-state index in [1.54, 1.807) is 11.3 Å². The third-order valence-corrected chi connectivity index (χ3v) is 6.02. The predicted molar refractivity (Wildman–Crippen MR) is 85.2 cm³/mol. The van der Waals surface area contributed by atoms with Crippen molar-refractivity contribution in [3.63, 3.8) is 0 Å². The standard InChI is InChI=1S/C16H25N3OS/c1-10-18-13-7-4-8-14(15(13)21-10)19(2)16(20)11-5-3-6-12(17)9-11/h11-12,14H,3-9,17H2,1-2H3. The lowest BCUT2D eigenvalue weighted by Crippen LogP contribution is -2.41. The quantitative estimate of drug-likeness (QED) is 0.914. The molecule has 0 bridgehead atoms. The lowest BCUT2D eigenvalue weighted by molar-refractivity contribution is -0.137. The van der Waals surface area contributed by atoms with Crippen molar-refractivity contribution in [2.24, 2.45) is 11.7 Å². The van der Waals surface area contributed by atoms with Gasteiger partial charge >= 0.3 is 0 Å². The predicted octanol–water partition coefficient (Wildman–Crippen LogP) is 2.80. The number of rotatable bonds is 2. The molecule has 0 aromatic carbocycles. The number of fused-ring (bicyclic) bond motifs is 1. The second-order valence-corrected chi connectivity index (χ2v) is 7.76. The van der Waals surface area contributed by atoms with Crippen molar-refractivity contribution in [3.05, 3.63) is 15.6 Å². The van der Waals surface area contributed by atoms with Gasteiger partial charge in [-0.2, -0.15) is 0 Å². The molecule has 1 fully saturated rings. The molecule has 0 saturated heterocycles. The lowest BCUT2D eigenvalue weighted by atomic mass is 9.84. The highest BCUT2D eigenvalue weighted by Gasteiger charge is 2.34. The van der Waals surface area contributed by atoms with Gasteiger partial charge in [-0.1, -0.05) is 6.42 Å². The van der Waals surface area contributed by atoms with Crippen molar-refractivity contribution < 1.29 is 4.79 Å². The van der Waals surface area contributed by atoms with Crippen molar-refractivity contribution in [2.45, 2.75) is 64.0 Å². The molecule has 5 heteroatoms. The molecule has 0 spiro atoms. The number of aromatic nitrogens is 1. The summed E-state index contributed by atoms with van der Waals surface area (Å²) in [5.74, 6) is 0.409. The van der Waals surface area contributed by atoms with E-state index in [1.807, 2.05) is 11.9 Å². The number of thiazole rings is 1. The first kappa shape index (κ1) is 15.0. The maximum absolute atomic E-state index is 12.8. The molecule has 21 heavy (non-hydrogen) atoms. The zero-order chi connectivity index (χ0) is 15.0. The first-order valence-electron chi connectivity index (χ1n) is 8.04. The van der Waals surface area contributed by atoms with Gasteiger partial charge in [-0.05, 0) is 45.4 Å². The van der Waals surface area contributed by atoms with E-state index in [0.717, 1.165) is 50.0 Å². The summed E-state index contributed by atoms with van der Waals surface area (Å²) in [6, 6.07) is 0.430. The Balaban J connectivity index is 1.76. The van der Waals surface area contributed by atoms with Crippen LogP contribution in [0.2, 0.25) is 0 Å². The number of carbonyl (C=O) groups excluding carboxylic acids is 1. The fourth-order valence-corrected chi connectivity index (χ4v) is 4.93. The van der Waals surface area contributed by atoms with E-state index < -0.39 is 0 Å². The van der Waals surface area contributed by atoms with Gasteiger partial charge in [-0.15, -0.1) is 11.3 Å². The second kappa shape index (κ2) is 6.05. The Labute approximate surface area is 130 Å². The number of hydrogen-bond acceptors (Lipinski definition) is 4. The Hall–Kier alpha value is -0.940. The molecule has 1 aromatic heterocycles. The number of aryl methyl sites for hydroxylation is 2. The molecule has 3 atom stereocenters. The Kier molecular flexibility index (Phi) is 4.31. The van der Waals surface area contributed by atoms with Gasteiger partial charge in [0.1, 0.15) is 0 Å². The Morgan fingerprint density at radius 1 is 1.33 bits per heavy atom. The Morgan fingerprint density at radius 2 is 2.14 bits per heavy atom. The minimum absolute atomic E-state index is 0.123. The van der Waals surface area contributed by atoms with E-state index in [9.17, 15) is 4.79 Å². The monoisotopic (exact) mass is 307 g/mol. The van der Waals surface area contributed by atoms with Gasteiger partial charge in [0.15, 0.2) is 0 Å². The molecule has 0 radical (unpaired) electrons. The smallest absolute Gasteiger partial charge is 0.226 e. The van der Waals surface area contributed by atoms with Crippen molar-refractivity contribution in [1.82, 2.24) is 9.88 Å². The Bertz CT molecular complexity index is 528. The summed E-state index contributed by atoms with van der Waals surface area (Å²) in [4.78, 5) is 20.7. The molecule has 2 aliphatic carbocycles. The molecule has 2 N–H and O–H groups in total. The lowest BCUT2D eigenvalue weighted by Gasteiger charge is -2.35. The van der Waals surface area contributed by atoms with E-state index in [-0.39, 0.29) is 23.9 Å². The van der Waals surface area contributed by atoms with E-state index in [1.165, 1.54) is 10.6 Å². The molecular weight excluding hydrogens is 282 g/mol. The van der Waals surface area contributed by atoms with E-state index >= 15 is 0 Å². The third kappa shape index (κ3) is 2.99. The van der Waals surface area contributed by atoms with Crippen LogP contribution in [0.3, 0.4) is 0 Å². The molecule has 0 aliphatic heterocycles. The molecule has 1 heterocycles. The van der Waals surface area contributed by atoms with Crippen LogP contribution in [0, 0.1) is 12.8 Å². The zero-order valence-electron chi connectivity index (χ0n) is 13.0. The molecule has 116 valence electrons. The summed E-state index contributed by atoms with van der Waals surface area (Å²) in [5, 5.41) is 1.12. The van der Waals surface area contributed by atoms with Crippen LogP contribution in [0.5, 0.6) is 0 Å². The summed E-state index contributed by atoms with van der Waals surface area (Å²) in [6.07, 6.45) is 7.25. The van der Waals surface area contributed by atoms with Crippen LogP contribution in [-0.2, 0) is 11.2 Å². The molecule has 4 nitrogen and oxygen atoms in total. The number of nitrogens with two attached hydrogens (primary N) is 1. The molecule has 1 saturated carbocycles. The van der Waals surface area contributed by atoms with Gasteiger partial charge < -0.3 is 10.6 Å². The van der Waals surface area contributed by atoms with Crippen molar-refractivity contribution in [1.29, 1.82) is 0 Å². The number of hydrogen-bond donors (Lipinski definition) is 1. The van der Waals surface area contributed by atoms with E-state index in [0.29, 0.717) is 0 Å². The van der Waals surface area contributed by atoms with Crippen molar-refractivity contribution in [3.8, 4) is 0 Å². The topological polar surface area (TPSA) is 59.2 Å². The molecule has 2 aliphatic rings. The summed E-state index contributed by atoms with van der Waals surface area (Å²) in [6.45, 7) is 2.06. The second-order valence-electron chi connectivity index (χ2n) is 6.52. The zero-order valence-corrected chi connectivity index (χ0v) is 13.8. The SMILES string of the molecule is Cc1nc2c(s1)C(N(C)C(=O)C1CCCC(N)C1)CCC2. The summed E-state index contributed by atoms with van der Waals surface area (Å²) < 4.78 is 0. The normalized spacial score (nSPS) is 29.0. The first-order valence-corrected chi connectivity index (χ1v) is 8.86. The van der Waals surface area contributed by atoms with Crippen LogP contribution in [0.25, 0.3) is 0 Å². The maximum atomic E-state index is 12.8. The van der Waals surface area contributed by atoms with Crippen LogP contribution in [-0.4, -0.2) is 28.9 Å². The van der Waals surface area contributed by atoms with E-state index in [4.69, 9.17) is 5.73 Å².